The molecule has 0 atom stereocenters. The van der Waals surface area contributed by atoms with Crippen LogP contribution in [0.5, 0.6) is 0 Å². The van der Waals surface area contributed by atoms with Crippen LogP contribution >= 0.6 is 7.14 Å². The minimum Gasteiger partial charge on any atom is -0.323 e. The van der Waals surface area contributed by atoms with Crippen molar-refractivity contribution in [1.29, 1.82) is 0 Å². The first-order chi connectivity index (χ1) is 8.32. The fraction of sp³-hybridized carbons (Fsp3) is 1.00. The molecule has 0 N–H and O–H groups in total. The van der Waals surface area contributed by atoms with E-state index in [1.807, 2.05) is 0 Å². The van der Waals surface area contributed by atoms with Crippen LogP contribution in [-0.4, -0.2) is 17.0 Å². The third-order valence-corrected chi connectivity index (χ3v) is 10.7. The summed E-state index contributed by atoms with van der Waals surface area (Å²) in [6.45, 7) is 0. The maximum atomic E-state index is 13.8. The molecule has 0 aliphatic heterocycles. The Labute approximate surface area is 106 Å². The van der Waals surface area contributed by atoms with Crippen LogP contribution in [0.15, 0.2) is 0 Å². The van der Waals surface area contributed by atoms with Gasteiger partial charge in [0.25, 0.3) is 0 Å². The molecule has 3 aliphatic rings. The minimum atomic E-state index is -1.86. The third-order valence-electron chi connectivity index (χ3n) is 5.69. The summed E-state index contributed by atoms with van der Waals surface area (Å²) in [7, 11) is -1.86. The van der Waals surface area contributed by atoms with Gasteiger partial charge in [0.15, 0.2) is 0 Å². The molecular weight excluding hydrogens is 227 g/mol. The summed E-state index contributed by atoms with van der Waals surface area (Å²) < 4.78 is 13.8. The quantitative estimate of drug-likeness (QED) is 0.634. The lowest BCUT2D eigenvalue weighted by Crippen LogP contribution is -2.22. The lowest BCUT2D eigenvalue weighted by Gasteiger charge is -2.35. The zero-order valence-electron chi connectivity index (χ0n) is 11.1. The van der Waals surface area contributed by atoms with Crippen LogP contribution in [0.1, 0.15) is 77.0 Å². The molecule has 3 aliphatic carbocycles. The van der Waals surface area contributed by atoms with Crippen LogP contribution in [0.4, 0.5) is 0 Å². The molecule has 3 rings (SSSR count). The second-order valence-electron chi connectivity index (χ2n) is 6.58. The van der Waals surface area contributed by atoms with E-state index >= 15 is 0 Å². The topological polar surface area (TPSA) is 17.1 Å². The molecule has 3 fully saturated rings. The van der Waals surface area contributed by atoms with Gasteiger partial charge in [0, 0.05) is 17.0 Å². The third kappa shape index (κ3) is 2.14. The lowest BCUT2D eigenvalue weighted by molar-refractivity contribution is 0.535. The van der Waals surface area contributed by atoms with Crippen molar-refractivity contribution in [3.8, 4) is 0 Å². The van der Waals surface area contributed by atoms with Crippen molar-refractivity contribution < 1.29 is 4.57 Å². The second kappa shape index (κ2) is 5.08. The van der Waals surface area contributed by atoms with Gasteiger partial charge in [-0.25, -0.2) is 0 Å². The number of hydrogen-bond acceptors (Lipinski definition) is 1. The molecule has 0 amide bonds. The summed E-state index contributed by atoms with van der Waals surface area (Å²) in [4.78, 5) is 0. The monoisotopic (exact) mass is 254 g/mol. The standard InChI is InChI=1S/C15H27OP/c16-17(13-7-1-2-8-13,14-9-3-4-10-14)15-11-5-6-12-15/h13-15H,1-12H2. The molecule has 0 heterocycles. The van der Waals surface area contributed by atoms with Crippen molar-refractivity contribution in [1.82, 2.24) is 0 Å². The SMILES string of the molecule is O=P(C1CCCC1)(C1CCCC1)C1CCCC1. The van der Waals surface area contributed by atoms with Gasteiger partial charge < -0.3 is 4.57 Å². The molecule has 0 aromatic heterocycles. The lowest BCUT2D eigenvalue weighted by atomic mass is 10.3. The highest BCUT2D eigenvalue weighted by atomic mass is 31.2. The van der Waals surface area contributed by atoms with Crippen LogP contribution in [0.3, 0.4) is 0 Å². The van der Waals surface area contributed by atoms with Gasteiger partial charge in [0.2, 0.25) is 0 Å². The van der Waals surface area contributed by atoms with E-state index in [1.54, 1.807) is 0 Å². The smallest absolute Gasteiger partial charge is 0.0964 e. The predicted molar refractivity (Wildman–Crippen MR) is 74.4 cm³/mol. The zero-order valence-corrected chi connectivity index (χ0v) is 12.0. The maximum Gasteiger partial charge on any atom is 0.0964 e. The maximum absolute atomic E-state index is 13.8. The van der Waals surface area contributed by atoms with Gasteiger partial charge in [-0.15, -0.1) is 0 Å². The molecule has 0 aromatic carbocycles. The summed E-state index contributed by atoms with van der Waals surface area (Å²) >= 11 is 0. The van der Waals surface area contributed by atoms with E-state index in [1.165, 1.54) is 77.0 Å². The van der Waals surface area contributed by atoms with E-state index in [4.69, 9.17) is 0 Å². The van der Waals surface area contributed by atoms with Gasteiger partial charge in [0.05, 0.1) is 7.14 Å². The molecule has 0 radical (unpaired) electrons. The largest absolute Gasteiger partial charge is 0.323 e. The Bertz CT molecular complexity index is 246. The van der Waals surface area contributed by atoms with Gasteiger partial charge in [-0.3, -0.25) is 0 Å². The van der Waals surface area contributed by atoms with Crippen molar-refractivity contribution in [2.24, 2.45) is 0 Å². The Morgan fingerprint density at radius 1 is 0.529 bits per heavy atom. The molecule has 1 nitrogen and oxygen atoms in total. The first-order valence-corrected chi connectivity index (χ1v) is 9.82. The van der Waals surface area contributed by atoms with Crippen LogP contribution in [0.25, 0.3) is 0 Å². The molecule has 0 bridgehead atoms. The summed E-state index contributed by atoms with van der Waals surface area (Å²) in [5, 5.41) is 0. The highest BCUT2D eigenvalue weighted by Crippen LogP contribution is 2.69. The van der Waals surface area contributed by atoms with Gasteiger partial charge in [-0.2, -0.15) is 0 Å². The number of hydrogen-bond donors (Lipinski definition) is 0. The normalized spacial score (nSPS) is 29.4. The van der Waals surface area contributed by atoms with Crippen LogP contribution in [-0.2, 0) is 4.57 Å². The Kier molecular flexibility index (Phi) is 3.67. The van der Waals surface area contributed by atoms with E-state index in [-0.39, 0.29) is 0 Å². The number of rotatable bonds is 3. The zero-order chi connectivity index (χ0) is 11.7. The fourth-order valence-electron chi connectivity index (χ4n) is 4.82. The Balaban J connectivity index is 1.84. The van der Waals surface area contributed by atoms with Crippen LogP contribution in [0, 0.1) is 0 Å². The van der Waals surface area contributed by atoms with Crippen molar-refractivity contribution in [3.05, 3.63) is 0 Å². The van der Waals surface area contributed by atoms with E-state index in [0.717, 1.165) is 0 Å². The molecule has 17 heavy (non-hydrogen) atoms. The molecule has 0 aromatic rings. The average molecular weight is 254 g/mol. The molecule has 98 valence electrons. The summed E-state index contributed by atoms with van der Waals surface area (Å²) in [5.74, 6) is 0. The van der Waals surface area contributed by atoms with Crippen molar-refractivity contribution in [2.45, 2.75) is 94.0 Å². The van der Waals surface area contributed by atoms with Crippen molar-refractivity contribution >= 4 is 7.14 Å². The van der Waals surface area contributed by atoms with Gasteiger partial charge in [-0.1, -0.05) is 38.5 Å². The van der Waals surface area contributed by atoms with Gasteiger partial charge in [0.1, 0.15) is 0 Å². The van der Waals surface area contributed by atoms with Gasteiger partial charge >= 0.3 is 0 Å². The Morgan fingerprint density at radius 3 is 1.00 bits per heavy atom. The molecular formula is C15H27OP. The molecule has 0 saturated heterocycles. The highest BCUT2D eigenvalue weighted by molar-refractivity contribution is 7.66. The Hall–Kier alpha value is 0.230. The first kappa shape index (κ1) is 12.3. The average Bonchev–Trinajstić information content (AvgIpc) is 3.10. The van der Waals surface area contributed by atoms with E-state index in [2.05, 4.69) is 0 Å². The van der Waals surface area contributed by atoms with E-state index in [0.29, 0.717) is 17.0 Å². The highest BCUT2D eigenvalue weighted by Gasteiger charge is 2.47. The summed E-state index contributed by atoms with van der Waals surface area (Å²) in [5.41, 5.74) is 1.94. The van der Waals surface area contributed by atoms with E-state index < -0.39 is 7.14 Å². The minimum absolute atomic E-state index is 0.647. The van der Waals surface area contributed by atoms with Crippen molar-refractivity contribution in [3.63, 3.8) is 0 Å². The first-order valence-electron chi connectivity index (χ1n) is 7.91. The summed E-state index contributed by atoms with van der Waals surface area (Å²) in [6.07, 6.45) is 15.9. The van der Waals surface area contributed by atoms with Crippen LogP contribution < -0.4 is 0 Å². The molecule has 0 spiro atoms. The van der Waals surface area contributed by atoms with Gasteiger partial charge in [-0.05, 0) is 38.5 Å². The molecule has 2 heteroatoms. The van der Waals surface area contributed by atoms with Crippen molar-refractivity contribution in [2.75, 3.05) is 0 Å². The summed E-state index contributed by atoms with van der Waals surface area (Å²) in [6, 6.07) is 0. The Morgan fingerprint density at radius 2 is 0.765 bits per heavy atom. The molecule has 3 saturated carbocycles. The second-order valence-corrected chi connectivity index (χ2v) is 10.3. The van der Waals surface area contributed by atoms with Crippen LogP contribution in [0.2, 0.25) is 0 Å². The predicted octanol–water partition coefficient (Wildman–Crippen LogP) is 5.18. The molecule has 0 unspecified atom stereocenters. The fourth-order valence-corrected chi connectivity index (χ4v) is 10.1. The van der Waals surface area contributed by atoms with E-state index in [9.17, 15) is 4.57 Å².